The number of nitrogens with two attached hydrogens (primary N) is 1. The van der Waals surface area contributed by atoms with Crippen LogP contribution in [0.25, 0.3) is 0 Å². The Bertz CT molecular complexity index is 164. The van der Waals surface area contributed by atoms with Gasteiger partial charge < -0.3 is 10.6 Å². The van der Waals surface area contributed by atoms with Crippen LogP contribution in [0.3, 0.4) is 0 Å². The van der Waals surface area contributed by atoms with Gasteiger partial charge in [-0.2, -0.15) is 0 Å². The molecule has 0 aliphatic heterocycles. The molecule has 0 saturated heterocycles. The minimum absolute atomic E-state index is 0.393. The molecule has 1 aliphatic rings. The normalized spacial score (nSPS) is 20.2. The van der Waals surface area contributed by atoms with Crippen LogP contribution in [0.2, 0.25) is 0 Å². The molecule has 96 valence electrons. The van der Waals surface area contributed by atoms with Crippen LogP contribution in [-0.2, 0) is 0 Å². The lowest BCUT2D eigenvalue weighted by Crippen LogP contribution is -2.37. The van der Waals surface area contributed by atoms with Gasteiger partial charge in [0.05, 0.1) is 0 Å². The average Bonchev–Trinajstić information content (AvgIpc) is 2.27. The zero-order chi connectivity index (χ0) is 11.8. The van der Waals surface area contributed by atoms with Gasteiger partial charge in [-0.15, -0.1) is 0 Å². The largest absolute Gasteiger partial charge is 0.327 e. The minimum atomic E-state index is 0.393. The summed E-state index contributed by atoms with van der Waals surface area (Å²) in [7, 11) is 2.20. The van der Waals surface area contributed by atoms with Gasteiger partial charge in [-0.25, -0.2) is 0 Å². The summed E-state index contributed by atoms with van der Waals surface area (Å²) in [5.74, 6) is 0.920. The fourth-order valence-electron chi connectivity index (χ4n) is 2.85. The highest BCUT2D eigenvalue weighted by atomic mass is 15.1. The monoisotopic (exact) mass is 226 g/mol. The molecule has 0 aromatic carbocycles. The van der Waals surface area contributed by atoms with Crippen LogP contribution >= 0.6 is 0 Å². The van der Waals surface area contributed by atoms with Gasteiger partial charge in [0.2, 0.25) is 0 Å². The predicted octanol–water partition coefficient (Wildman–Crippen LogP) is 3.02. The number of nitrogens with zero attached hydrogens (tertiary/aromatic N) is 1. The number of unbranched alkanes of at least 4 members (excludes halogenated alkanes) is 1. The third-order valence-electron chi connectivity index (χ3n) is 3.80. The Morgan fingerprint density at radius 1 is 1.25 bits per heavy atom. The zero-order valence-corrected chi connectivity index (χ0v) is 11.3. The van der Waals surface area contributed by atoms with E-state index in [1.165, 1.54) is 57.9 Å². The third-order valence-corrected chi connectivity index (χ3v) is 3.80. The van der Waals surface area contributed by atoms with Crippen molar-refractivity contribution in [3.05, 3.63) is 0 Å². The first-order chi connectivity index (χ1) is 7.72. The van der Waals surface area contributed by atoms with E-state index in [-0.39, 0.29) is 0 Å². The van der Waals surface area contributed by atoms with Crippen LogP contribution in [0.15, 0.2) is 0 Å². The molecular formula is C14H30N2. The van der Waals surface area contributed by atoms with Crippen molar-refractivity contribution < 1.29 is 0 Å². The lowest BCUT2D eigenvalue weighted by atomic mass is 9.85. The van der Waals surface area contributed by atoms with Gasteiger partial charge in [-0.1, -0.05) is 45.4 Å². The van der Waals surface area contributed by atoms with E-state index in [0.29, 0.717) is 6.04 Å². The summed E-state index contributed by atoms with van der Waals surface area (Å²) in [5.41, 5.74) is 6.24. The van der Waals surface area contributed by atoms with Gasteiger partial charge in [0.15, 0.2) is 0 Å². The summed E-state index contributed by atoms with van der Waals surface area (Å²) in [6.45, 7) is 4.53. The highest BCUT2D eigenvalue weighted by Crippen LogP contribution is 2.26. The third kappa shape index (κ3) is 5.86. The summed E-state index contributed by atoms with van der Waals surface area (Å²) >= 11 is 0. The molecule has 16 heavy (non-hydrogen) atoms. The molecule has 0 amide bonds. The fourth-order valence-corrected chi connectivity index (χ4v) is 2.85. The molecule has 1 atom stereocenters. The molecule has 0 bridgehead atoms. The van der Waals surface area contributed by atoms with E-state index in [9.17, 15) is 0 Å². The summed E-state index contributed by atoms with van der Waals surface area (Å²) in [5, 5.41) is 0. The molecule has 2 N–H and O–H groups in total. The van der Waals surface area contributed by atoms with E-state index in [2.05, 4.69) is 18.9 Å². The van der Waals surface area contributed by atoms with Crippen molar-refractivity contribution in [1.29, 1.82) is 0 Å². The summed E-state index contributed by atoms with van der Waals surface area (Å²) < 4.78 is 0. The molecule has 2 nitrogen and oxygen atoms in total. The highest BCUT2D eigenvalue weighted by Gasteiger charge is 2.17. The van der Waals surface area contributed by atoms with Crippen LogP contribution in [0.5, 0.6) is 0 Å². The predicted molar refractivity (Wildman–Crippen MR) is 71.6 cm³/mol. The Balaban J connectivity index is 2.11. The van der Waals surface area contributed by atoms with Crippen molar-refractivity contribution in [2.45, 2.75) is 64.3 Å². The number of rotatable bonds is 7. The lowest BCUT2D eigenvalue weighted by molar-refractivity contribution is 0.259. The van der Waals surface area contributed by atoms with E-state index >= 15 is 0 Å². The van der Waals surface area contributed by atoms with Crippen molar-refractivity contribution in [2.24, 2.45) is 11.7 Å². The second-order valence-electron chi connectivity index (χ2n) is 5.62. The zero-order valence-electron chi connectivity index (χ0n) is 11.3. The first-order valence-corrected chi connectivity index (χ1v) is 7.16. The van der Waals surface area contributed by atoms with Crippen LogP contribution in [0.1, 0.15) is 58.3 Å². The molecule has 0 aromatic rings. The van der Waals surface area contributed by atoms with E-state index in [1.807, 2.05) is 0 Å². The maximum Gasteiger partial charge on any atom is 0.0170 e. The quantitative estimate of drug-likeness (QED) is 0.723. The van der Waals surface area contributed by atoms with Crippen LogP contribution < -0.4 is 5.73 Å². The van der Waals surface area contributed by atoms with Gasteiger partial charge in [0.1, 0.15) is 0 Å². The Kier molecular flexibility index (Phi) is 7.06. The maximum atomic E-state index is 6.24. The topological polar surface area (TPSA) is 29.3 Å². The van der Waals surface area contributed by atoms with Crippen molar-refractivity contribution >= 4 is 0 Å². The number of hydrogen-bond acceptors (Lipinski definition) is 2. The molecular weight excluding hydrogens is 196 g/mol. The molecule has 2 heteroatoms. The molecule has 1 saturated carbocycles. The van der Waals surface area contributed by atoms with Crippen molar-refractivity contribution in [3.8, 4) is 0 Å². The van der Waals surface area contributed by atoms with Gasteiger partial charge in [0.25, 0.3) is 0 Å². The summed E-state index contributed by atoms with van der Waals surface area (Å²) in [6, 6.07) is 0.393. The Morgan fingerprint density at radius 2 is 1.94 bits per heavy atom. The first-order valence-electron chi connectivity index (χ1n) is 7.16. The fraction of sp³-hybridized carbons (Fsp3) is 1.00. The minimum Gasteiger partial charge on any atom is -0.327 e. The standard InChI is InChI=1S/C14H30N2/c1-3-4-10-16(2)12-14(15)11-13-8-6-5-7-9-13/h13-14H,3-12,15H2,1-2H3/t14-/m0/s1. The lowest BCUT2D eigenvalue weighted by Gasteiger charge is -2.27. The first kappa shape index (κ1) is 14.0. The van der Waals surface area contributed by atoms with Crippen molar-refractivity contribution in [1.82, 2.24) is 4.90 Å². The highest BCUT2D eigenvalue weighted by molar-refractivity contribution is 4.74. The molecule has 0 heterocycles. The number of likely N-dealkylation sites (N-methyl/N-ethyl adjacent to an activating group) is 1. The van der Waals surface area contributed by atoms with Crippen molar-refractivity contribution in [3.63, 3.8) is 0 Å². The van der Waals surface area contributed by atoms with E-state index in [1.54, 1.807) is 0 Å². The van der Waals surface area contributed by atoms with E-state index in [0.717, 1.165) is 12.5 Å². The van der Waals surface area contributed by atoms with E-state index in [4.69, 9.17) is 5.73 Å². The second kappa shape index (κ2) is 8.08. The van der Waals surface area contributed by atoms with Crippen LogP contribution in [0.4, 0.5) is 0 Å². The Hall–Kier alpha value is -0.0800. The summed E-state index contributed by atoms with van der Waals surface area (Å²) in [4.78, 5) is 2.40. The van der Waals surface area contributed by atoms with Gasteiger partial charge in [0, 0.05) is 12.6 Å². The maximum absolute atomic E-state index is 6.24. The molecule has 1 rings (SSSR count). The molecule has 0 unspecified atom stereocenters. The molecule has 0 aromatic heterocycles. The van der Waals surface area contributed by atoms with Gasteiger partial charge in [-0.3, -0.25) is 0 Å². The van der Waals surface area contributed by atoms with Crippen molar-refractivity contribution in [2.75, 3.05) is 20.1 Å². The Labute approximate surface area is 102 Å². The van der Waals surface area contributed by atoms with Gasteiger partial charge >= 0.3 is 0 Å². The number of hydrogen-bond donors (Lipinski definition) is 1. The SMILES string of the molecule is CCCCN(C)C[C@@H](N)CC1CCCCC1. The average molecular weight is 226 g/mol. The molecule has 1 aliphatic carbocycles. The molecule has 0 spiro atoms. The summed E-state index contributed by atoms with van der Waals surface area (Å²) in [6.07, 6.45) is 11.0. The van der Waals surface area contributed by atoms with Gasteiger partial charge in [-0.05, 0) is 32.4 Å². The van der Waals surface area contributed by atoms with Crippen LogP contribution in [-0.4, -0.2) is 31.1 Å². The molecule has 1 fully saturated rings. The molecule has 0 radical (unpaired) electrons. The van der Waals surface area contributed by atoms with Crippen LogP contribution in [0, 0.1) is 5.92 Å². The Morgan fingerprint density at radius 3 is 2.56 bits per heavy atom. The second-order valence-corrected chi connectivity index (χ2v) is 5.62. The van der Waals surface area contributed by atoms with E-state index < -0.39 is 0 Å². The smallest absolute Gasteiger partial charge is 0.0170 e.